The van der Waals surface area contributed by atoms with Gasteiger partial charge in [0.15, 0.2) is 17.1 Å². The van der Waals surface area contributed by atoms with E-state index in [4.69, 9.17) is 15.3 Å². The van der Waals surface area contributed by atoms with Crippen molar-refractivity contribution in [2.75, 3.05) is 31.5 Å². The highest BCUT2D eigenvalue weighted by Gasteiger charge is 2.18. The molecule has 164 valence electrons. The fourth-order valence-electron chi connectivity index (χ4n) is 2.66. The highest BCUT2D eigenvalue weighted by Crippen LogP contribution is 2.39. The molecule has 3 N–H and O–H groups in total. The van der Waals surface area contributed by atoms with Gasteiger partial charge in [-0.2, -0.15) is 4.37 Å². The van der Waals surface area contributed by atoms with Gasteiger partial charge in [-0.25, -0.2) is 9.97 Å². The topological polar surface area (TPSA) is 120 Å². The monoisotopic (exact) mass is 459 g/mol. The third-order valence-corrected chi connectivity index (χ3v) is 5.96. The van der Waals surface area contributed by atoms with Crippen LogP contribution in [-0.2, 0) is 4.79 Å². The lowest BCUT2D eigenvalue weighted by atomic mass is 10.1. The number of anilines is 3. The molecule has 0 radical (unpaired) electrons. The second-order valence-corrected chi connectivity index (χ2v) is 9.41. The van der Waals surface area contributed by atoms with Crippen LogP contribution in [0.3, 0.4) is 0 Å². The molecule has 0 amide bonds. The SMILES string of the molecule is CC=O.CCC(=O)c1cnc(N)cc1Nc1cccc(-c2nc(P(C)C)ns2)c1OC. The van der Waals surface area contributed by atoms with Gasteiger partial charge in [-0.05, 0) is 51.8 Å². The molecule has 8 nitrogen and oxygen atoms in total. The molecule has 0 spiro atoms. The molecule has 0 fully saturated rings. The summed E-state index contributed by atoms with van der Waals surface area (Å²) in [6.45, 7) is 7.50. The number of nitrogens with one attached hydrogen (secondary N) is 1. The maximum absolute atomic E-state index is 12.3. The number of hydrogen-bond donors (Lipinski definition) is 2. The summed E-state index contributed by atoms with van der Waals surface area (Å²) in [6.07, 6.45) is 2.63. The number of aromatic nitrogens is 3. The Morgan fingerprint density at radius 1 is 1.32 bits per heavy atom. The zero-order valence-corrected chi connectivity index (χ0v) is 19.9. The Kier molecular flexibility index (Phi) is 9.03. The number of rotatable bonds is 7. The average Bonchev–Trinajstić information content (AvgIpc) is 3.24. The molecule has 3 aromatic rings. The number of ketones is 1. The Morgan fingerprint density at radius 3 is 2.61 bits per heavy atom. The minimum Gasteiger partial charge on any atom is -0.494 e. The van der Waals surface area contributed by atoms with Gasteiger partial charge in [0.1, 0.15) is 17.1 Å². The summed E-state index contributed by atoms with van der Waals surface area (Å²) in [6, 6.07) is 7.39. The van der Waals surface area contributed by atoms with Crippen LogP contribution in [0.5, 0.6) is 5.75 Å². The number of para-hydroxylation sites is 1. The number of carbonyl (C=O) groups excluding carboxylic acids is 2. The van der Waals surface area contributed by atoms with Gasteiger partial charge in [0.25, 0.3) is 0 Å². The zero-order valence-electron chi connectivity index (χ0n) is 18.2. The Balaban J connectivity index is 0.00000107. The molecular weight excluding hydrogens is 433 g/mol. The lowest BCUT2D eigenvalue weighted by Gasteiger charge is -2.16. The van der Waals surface area contributed by atoms with Gasteiger partial charge in [0.05, 0.1) is 29.6 Å². The number of pyridine rings is 1. The van der Waals surface area contributed by atoms with Crippen LogP contribution in [0, 0.1) is 0 Å². The fraction of sp³-hybridized carbons (Fsp3) is 0.286. The van der Waals surface area contributed by atoms with Crippen LogP contribution in [0.25, 0.3) is 10.6 Å². The first-order valence-corrected chi connectivity index (χ1v) is 12.5. The second kappa shape index (κ2) is 11.5. The van der Waals surface area contributed by atoms with Crippen LogP contribution >= 0.6 is 19.5 Å². The maximum Gasteiger partial charge on any atom is 0.166 e. The molecular formula is C21H26N5O3PS. The summed E-state index contributed by atoms with van der Waals surface area (Å²) in [4.78, 5) is 29.8. The average molecular weight is 460 g/mol. The first kappa shape index (κ1) is 24.4. The maximum atomic E-state index is 12.3. The van der Waals surface area contributed by atoms with Crippen LogP contribution < -0.4 is 21.4 Å². The third kappa shape index (κ3) is 6.06. The number of Topliss-reactive ketones (excluding diaryl/α,β-unsaturated/α-hetero) is 1. The summed E-state index contributed by atoms with van der Waals surface area (Å²) in [5, 5.41) is 4.08. The molecule has 0 unspecified atom stereocenters. The first-order valence-electron chi connectivity index (χ1n) is 9.50. The Labute approximate surface area is 187 Å². The predicted molar refractivity (Wildman–Crippen MR) is 129 cm³/mol. The van der Waals surface area contributed by atoms with E-state index >= 15 is 0 Å². The van der Waals surface area contributed by atoms with Crippen molar-refractivity contribution in [3.63, 3.8) is 0 Å². The van der Waals surface area contributed by atoms with Crippen molar-refractivity contribution in [2.45, 2.75) is 20.3 Å². The minimum absolute atomic E-state index is 0.0156. The Bertz CT molecular complexity index is 1060. The smallest absolute Gasteiger partial charge is 0.166 e. The standard InChI is InChI=1S/C19H22N5O2PS.C2H4O/c1-5-15(25)12-10-21-16(20)9-14(12)22-13-8-6-7-11(17(13)26-2)18-23-19(24-28-18)27(3)4;1-2-3/h6-10H,5H2,1-4H3,(H3,20,21,22);2H,1H3. The molecule has 0 aliphatic carbocycles. The van der Waals surface area contributed by atoms with Crippen molar-refractivity contribution in [1.82, 2.24) is 14.3 Å². The van der Waals surface area contributed by atoms with Crippen LogP contribution in [0.2, 0.25) is 0 Å². The number of carbonyl (C=O) groups is 2. The van der Waals surface area contributed by atoms with E-state index in [1.807, 2.05) is 25.1 Å². The van der Waals surface area contributed by atoms with Gasteiger partial charge in [0, 0.05) is 18.7 Å². The van der Waals surface area contributed by atoms with Gasteiger partial charge < -0.3 is 20.6 Å². The number of nitrogens with two attached hydrogens (primary N) is 1. The van der Waals surface area contributed by atoms with Crippen molar-refractivity contribution >= 4 is 54.3 Å². The number of nitrogen functional groups attached to an aromatic ring is 1. The quantitative estimate of drug-likeness (QED) is 0.308. The van der Waals surface area contributed by atoms with Crippen molar-refractivity contribution < 1.29 is 14.3 Å². The lowest BCUT2D eigenvalue weighted by Crippen LogP contribution is -2.06. The van der Waals surface area contributed by atoms with Crippen molar-refractivity contribution in [2.24, 2.45) is 0 Å². The van der Waals surface area contributed by atoms with E-state index < -0.39 is 0 Å². The lowest BCUT2D eigenvalue weighted by molar-refractivity contribution is -0.106. The van der Waals surface area contributed by atoms with E-state index in [2.05, 4.69) is 33.0 Å². The van der Waals surface area contributed by atoms with Crippen molar-refractivity contribution in [3.05, 3.63) is 36.0 Å². The number of benzene rings is 1. The molecule has 0 aliphatic heterocycles. The fourth-order valence-corrected chi connectivity index (χ4v) is 4.40. The molecule has 1 aromatic carbocycles. The predicted octanol–water partition coefficient (Wildman–Crippen LogP) is 4.10. The van der Waals surface area contributed by atoms with E-state index in [1.54, 1.807) is 13.2 Å². The number of hydrogen-bond acceptors (Lipinski definition) is 9. The molecule has 10 heteroatoms. The molecule has 2 aromatic heterocycles. The Morgan fingerprint density at radius 2 is 2.03 bits per heavy atom. The van der Waals surface area contributed by atoms with Crippen LogP contribution in [0.15, 0.2) is 30.5 Å². The molecule has 3 rings (SSSR count). The molecule has 0 saturated carbocycles. The number of ether oxygens (including phenoxy) is 1. The minimum atomic E-state index is -0.370. The van der Waals surface area contributed by atoms with E-state index in [-0.39, 0.29) is 13.7 Å². The molecule has 0 saturated heterocycles. The van der Waals surface area contributed by atoms with Gasteiger partial charge >= 0.3 is 0 Å². The van der Waals surface area contributed by atoms with Crippen molar-refractivity contribution in [1.29, 1.82) is 0 Å². The summed E-state index contributed by atoms with van der Waals surface area (Å²) >= 11 is 1.35. The van der Waals surface area contributed by atoms with Gasteiger partial charge in [-0.15, -0.1) is 0 Å². The van der Waals surface area contributed by atoms with E-state index in [0.717, 1.165) is 22.4 Å². The van der Waals surface area contributed by atoms with Crippen LogP contribution in [-0.4, -0.2) is 46.9 Å². The van der Waals surface area contributed by atoms with Gasteiger partial charge in [0.2, 0.25) is 0 Å². The first-order chi connectivity index (χ1) is 14.9. The highest BCUT2D eigenvalue weighted by molar-refractivity contribution is 7.63. The number of aldehydes is 1. The van der Waals surface area contributed by atoms with Crippen LogP contribution in [0.1, 0.15) is 30.6 Å². The summed E-state index contributed by atoms with van der Waals surface area (Å²) in [7, 11) is 1.24. The Hall–Kier alpha value is -2.90. The summed E-state index contributed by atoms with van der Waals surface area (Å²) < 4.78 is 10.1. The third-order valence-electron chi connectivity index (χ3n) is 4.08. The summed E-state index contributed by atoms with van der Waals surface area (Å²) in [5.41, 5.74) is 9.35. The normalized spacial score (nSPS) is 10.3. The molecule has 31 heavy (non-hydrogen) atoms. The van der Waals surface area contributed by atoms with E-state index in [0.29, 0.717) is 34.9 Å². The highest BCUT2D eigenvalue weighted by atomic mass is 32.1. The van der Waals surface area contributed by atoms with Crippen LogP contribution in [0.4, 0.5) is 17.2 Å². The van der Waals surface area contributed by atoms with Crippen molar-refractivity contribution in [3.8, 4) is 16.3 Å². The van der Waals surface area contributed by atoms with Gasteiger partial charge in [-0.3, -0.25) is 4.79 Å². The largest absolute Gasteiger partial charge is 0.494 e. The second-order valence-electron chi connectivity index (χ2n) is 6.47. The van der Waals surface area contributed by atoms with Gasteiger partial charge in [-0.1, -0.05) is 13.0 Å². The molecule has 0 aliphatic rings. The molecule has 0 bridgehead atoms. The zero-order chi connectivity index (χ0) is 23.0. The summed E-state index contributed by atoms with van der Waals surface area (Å²) in [5.74, 6) is 0.948. The van der Waals surface area contributed by atoms with E-state index in [9.17, 15) is 4.79 Å². The van der Waals surface area contributed by atoms with E-state index in [1.165, 1.54) is 24.7 Å². The number of nitrogens with zero attached hydrogens (tertiary/aromatic N) is 3. The molecule has 0 atom stereocenters. The number of methoxy groups -OCH3 is 1. The molecule has 2 heterocycles.